The molecule has 112 valence electrons. The molecule has 1 aliphatic heterocycles. The number of nitrogens with zero attached hydrogens (tertiary/aromatic N) is 1. The van der Waals surface area contributed by atoms with Crippen LogP contribution in [0, 0.1) is 5.92 Å². The number of hydrogen-bond acceptors (Lipinski definition) is 2. The second-order valence-corrected chi connectivity index (χ2v) is 5.94. The van der Waals surface area contributed by atoms with E-state index < -0.39 is 0 Å². The fourth-order valence-electron chi connectivity index (χ4n) is 2.83. The van der Waals surface area contributed by atoms with Gasteiger partial charge in [-0.15, -0.1) is 0 Å². The number of halogens is 1. The number of rotatable bonds is 4. The maximum absolute atomic E-state index is 12.3. The lowest BCUT2D eigenvalue weighted by atomic mass is 10.1. The highest BCUT2D eigenvalue weighted by Gasteiger charge is 2.17. The van der Waals surface area contributed by atoms with Crippen molar-refractivity contribution in [3.05, 3.63) is 35.0 Å². The Hall–Kier alpha value is -1.52. The highest BCUT2D eigenvalue weighted by Crippen LogP contribution is 2.26. The molecule has 0 radical (unpaired) electrons. The normalized spacial score (nSPS) is 18.3. The number of carbonyl (C=O) groups excluding carboxylic acids is 1. The molecule has 21 heavy (non-hydrogen) atoms. The van der Waals surface area contributed by atoms with Crippen LogP contribution in [-0.2, 0) is 11.8 Å². The quantitative estimate of drug-likeness (QED) is 0.943. The average molecular weight is 307 g/mol. The zero-order valence-corrected chi connectivity index (χ0v) is 12.8. The van der Waals surface area contributed by atoms with Gasteiger partial charge in [0.2, 0.25) is 0 Å². The Morgan fingerprint density at radius 3 is 3.10 bits per heavy atom. The first-order valence-electron chi connectivity index (χ1n) is 7.26. The Labute approximate surface area is 129 Å². The van der Waals surface area contributed by atoms with E-state index in [9.17, 15) is 4.79 Å². The average Bonchev–Trinajstić information content (AvgIpc) is 3.08. The molecule has 2 heterocycles. The Morgan fingerprint density at radius 2 is 2.38 bits per heavy atom. The molecule has 1 unspecified atom stereocenters. The number of carbonyl (C=O) groups is 1. The molecule has 1 aliphatic rings. The minimum absolute atomic E-state index is 0.0521. The molecule has 0 aliphatic carbocycles. The predicted octanol–water partition coefficient (Wildman–Crippen LogP) is 2.99. The zero-order valence-electron chi connectivity index (χ0n) is 12.1. The highest BCUT2D eigenvalue weighted by atomic mass is 35.5. The summed E-state index contributed by atoms with van der Waals surface area (Å²) in [5.74, 6) is 0.524. The SMILES string of the molecule is Cn1c(C(=O)NCCC2CCOC2)cc2c(Cl)cccc21. The summed E-state index contributed by atoms with van der Waals surface area (Å²) in [5.41, 5.74) is 1.61. The van der Waals surface area contributed by atoms with Gasteiger partial charge in [-0.25, -0.2) is 0 Å². The molecule has 1 amide bonds. The largest absolute Gasteiger partial charge is 0.381 e. The fraction of sp³-hybridized carbons (Fsp3) is 0.438. The molecule has 1 fully saturated rings. The van der Waals surface area contributed by atoms with Gasteiger partial charge in [0.15, 0.2) is 0 Å². The predicted molar refractivity (Wildman–Crippen MR) is 83.8 cm³/mol. The van der Waals surface area contributed by atoms with Crippen molar-refractivity contribution >= 4 is 28.4 Å². The van der Waals surface area contributed by atoms with E-state index in [1.54, 1.807) is 0 Å². The zero-order chi connectivity index (χ0) is 14.8. The van der Waals surface area contributed by atoms with Crippen LogP contribution in [0.25, 0.3) is 10.9 Å². The molecule has 0 bridgehead atoms. The van der Waals surface area contributed by atoms with Crippen molar-refractivity contribution in [1.29, 1.82) is 0 Å². The van der Waals surface area contributed by atoms with Crippen molar-refractivity contribution in [1.82, 2.24) is 9.88 Å². The van der Waals surface area contributed by atoms with E-state index in [4.69, 9.17) is 16.3 Å². The summed E-state index contributed by atoms with van der Waals surface area (Å²) in [6.07, 6.45) is 2.07. The summed E-state index contributed by atoms with van der Waals surface area (Å²) < 4.78 is 7.22. The third kappa shape index (κ3) is 2.92. The first-order valence-corrected chi connectivity index (χ1v) is 7.64. The van der Waals surface area contributed by atoms with E-state index in [-0.39, 0.29) is 5.91 Å². The van der Waals surface area contributed by atoms with Gasteiger partial charge in [-0.3, -0.25) is 4.79 Å². The Morgan fingerprint density at radius 1 is 1.52 bits per heavy atom. The Balaban J connectivity index is 1.69. The van der Waals surface area contributed by atoms with Crippen molar-refractivity contribution in [2.24, 2.45) is 13.0 Å². The summed E-state index contributed by atoms with van der Waals surface area (Å²) in [6, 6.07) is 7.55. The molecular formula is C16H19ClN2O2. The summed E-state index contributed by atoms with van der Waals surface area (Å²) in [4.78, 5) is 12.3. The number of ether oxygens (including phenoxy) is 1. The maximum atomic E-state index is 12.3. The van der Waals surface area contributed by atoms with Gasteiger partial charge in [0.05, 0.1) is 0 Å². The van der Waals surface area contributed by atoms with Crippen LogP contribution in [0.4, 0.5) is 0 Å². The van der Waals surface area contributed by atoms with Gasteiger partial charge in [0, 0.05) is 42.7 Å². The molecule has 1 aromatic carbocycles. The Kier molecular flexibility index (Phi) is 4.17. The molecule has 1 N–H and O–H groups in total. The lowest BCUT2D eigenvalue weighted by Crippen LogP contribution is -2.27. The van der Waals surface area contributed by atoms with Crippen LogP contribution in [0.15, 0.2) is 24.3 Å². The van der Waals surface area contributed by atoms with Gasteiger partial charge in [-0.2, -0.15) is 0 Å². The van der Waals surface area contributed by atoms with E-state index >= 15 is 0 Å². The number of nitrogens with one attached hydrogen (secondary N) is 1. The van der Waals surface area contributed by atoms with E-state index in [0.29, 0.717) is 23.2 Å². The molecule has 1 aromatic heterocycles. The van der Waals surface area contributed by atoms with Gasteiger partial charge >= 0.3 is 0 Å². The molecule has 1 saturated heterocycles. The third-order valence-electron chi connectivity index (χ3n) is 4.13. The molecular weight excluding hydrogens is 288 g/mol. The smallest absolute Gasteiger partial charge is 0.267 e. The molecule has 0 saturated carbocycles. The molecule has 0 spiro atoms. The monoisotopic (exact) mass is 306 g/mol. The van der Waals surface area contributed by atoms with E-state index in [2.05, 4.69) is 5.32 Å². The third-order valence-corrected chi connectivity index (χ3v) is 4.46. The van der Waals surface area contributed by atoms with Crippen molar-refractivity contribution in [2.75, 3.05) is 19.8 Å². The van der Waals surface area contributed by atoms with Crippen molar-refractivity contribution in [3.63, 3.8) is 0 Å². The fourth-order valence-corrected chi connectivity index (χ4v) is 3.06. The second kappa shape index (κ2) is 6.08. The van der Waals surface area contributed by atoms with Crippen LogP contribution in [-0.4, -0.2) is 30.2 Å². The van der Waals surface area contributed by atoms with E-state index in [1.807, 2.05) is 35.9 Å². The van der Waals surface area contributed by atoms with Gasteiger partial charge in [-0.05, 0) is 37.0 Å². The Bertz CT molecular complexity index is 660. The van der Waals surface area contributed by atoms with Crippen LogP contribution < -0.4 is 5.32 Å². The first-order chi connectivity index (χ1) is 10.2. The number of fused-ring (bicyclic) bond motifs is 1. The van der Waals surface area contributed by atoms with Crippen molar-refractivity contribution < 1.29 is 9.53 Å². The molecule has 1 atom stereocenters. The van der Waals surface area contributed by atoms with Crippen molar-refractivity contribution in [2.45, 2.75) is 12.8 Å². The minimum atomic E-state index is -0.0521. The van der Waals surface area contributed by atoms with Crippen LogP contribution in [0.1, 0.15) is 23.3 Å². The van der Waals surface area contributed by atoms with Crippen LogP contribution >= 0.6 is 11.6 Å². The number of aromatic nitrogens is 1. The van der Waals surface area contributed by atoms with Crippen LogP contribution in [0.3, 0.4) is 0 Å². The maximum Gasteiger partial charge on any atom is 0.267 e. The summed E-state index contributed by atoms with van der Waals surface area (Å²) >= 11 is 6.18. The summed E-state index contributed by atoms with van der Waals surface area (Å²) in [7, 11) is 1.89. The number of amides is 1. The van der Waals surface area contributed by atoms with Gasteiger partial charge in [0.1, 0.15) is 5.69 Å². The van der Waals surface area contributed by atoms with Crippen LogP contribution in [0.5, 0.6) is 0 Å². The van der Waals surface area contributed by atoms with Crippen LogP contribution in [0.2, 0.25) is 5.02 Å². The van der Waals surface area contributed by atoms with Crippen molar-refractivity contribution in [3.8, 4) is 0 Å². The highest BCUT2D eigenvalue weighted by molar-refractivity contribution is 6.35. The van der Waals surface area contributed by atoms with Gasteiger partial charge in [-0.1, -0.05) is 17.7 Å². The number of benzene rings is 1. The van der Waals surface area contributed by atoms with Gasteiger partial charge in [0.25, 0.3) is 5.91 Å². The van der Waals surface area contributed by atoms with Gasteiger partial charge < -0.3 is 14.6 Å². The summed E-state index contributed by atoms with van der Waals surface area (Å²) in [5, 5.41) is 4.57. The molecule has 2 aromatic rings. The number of hydrogen-bond donors (Lipinski definition) is 1. The molecule has 4 nitrogen and oxygen atoms in total. The first kappa shape index (κ1) is 14.4. The number of aryl methyl sites for hydroxylation is 1. The minimum Gasteiger partial charge on any atom is -0.381 e. The standard InChI is InChI=1S/C16H19ClN2O2/c1-19-14-4-2-3-13(17)12(14)9-15(19)16(20)18-7-5-11-6-8-21-10-11/h2-4,9,11H,5-8,10H2,1H3,(H,18,20). The summed E-state index contributed by atoms with van der Waals surface area (Å²) in [6.45, 7) is 2.35. The lowest BCUT2D eigenvalue weighted by molar-refractivity contribution is 0.0942. The van der Waals surface area contributed by atoms with E-state index in [1.165, 1.54) is 0 Å². The topological polar surface area (TPSA) is 43.3 Å². The second-order valence-electron chi connectivity index (χ2n) is 5.54. The molecule has 3 rings (SSSR count). The molecule has 5 heteroatoms. The lowest BCUT2D eigenvalue weighted by Gasteiger charge is -2.09. The van der Waals surface area contributed by atoms with E-state index in [0.717, 1.165) is 37.0 Å².